The Bertz CT molecular complexity index is 436. The number of aryl methyl sites for hydroxylation is 2. The van der Waals surface area contributed by atoms with E-state index in [1.165, 1.54) is 0 Å². The summed E-state index contributed by atoms with van der Waals surface area (Å²) in [5.74, 6) is 0.718. The topological polar surface area (TPSA) is 35.5 Å². The molecule has 0 N–H and O–H groups in total. The molecule has 18 heavy (non-hydrogen) atoms. The Morgan fingerprint density at radius 2 is 2.06 bits per heavy atom. The largest absolute Gasteiger partial charge is 0.490 e. The summed E-state index contributed by atoms with van der Waals surface area (Å²) in [6.07, 6.45) is 3.06. The SMILES string of the molecule is C=CC(=O)Oc1c(C)ccc(CCC)c1OCC. The third-order valence-corrected chi connectivity index (χ3v) is 2.57. The first-order chi connectivity index (χ1) is 8.63. The summed E-state index contributed by atoms with van der Waals surface area (Å²) in [6.45, 7) is 9.85. The van der Waals surface area contributed by atoms with Crippen molar-refractivity contribution in [3.8, 4) is 11.5 Å². The molecule has 0 unspecified atom stereocenters. The van der Waals surface area contributed by atoms with Gasteiger partial charge in [-0.1, -0.05) is 32.1 Å². The fourth-order valence-corrected chi connectivity index (χ4v) is 1.74. The molecular formula is C15H20O3. The van der Waals surface area contributed by atoms with Crippen LogP contribution in [-0.2, 0) is 11.2 Å². The highest BCUT2D eigenvalue weighted by molar-refractivity contribution is 5.84. The molecule has 0 heterocycles. The van der Waals surface area contributed by atoms with E-state index in [9.17, 15) is 4.79 Å². The van der Waals surface area contributed by atoms with E-state index >= 15 is 0 Å². The lowest BCUT2D eigenvalue weighted by atomic mass is 10.1. The molecule has 0 saturated carbocycles. The normalized spacial score (nSPS) is 9.94. The number of carbonyl (C=O) groups is 1. The average molecular weight is 248 g/mol. The smallest absolute Gasteiger partial charge is 0.335 e. The Labute approximate surface area is 108 Å². The summed E-state index contributed by atoms with van der Waals surface area (Å²) in [6, 6.07) is 3.97. The van der Waals surface area contributed by atoms with E-state index in [0.717, 1.165) is 30.0 Å². The lowest BCUT2D eigenvalue weighted by Gasteiger charge is -2.16. The summed E-state index contributed by atoms with van der Waals surface area (Å²) in [7, 11) is 0. The molecule has 3 nitrogen and oxygen atoms in total. The van der Waals surface area contributed by atoms with E-state index in [0.29, 0.717) is 18.1 Å². The molecule has 98 valence electrons. The van der Waals surface area contributed by atoms with Crippen LogP contribution in [0.2, 0.25) is 0 Å². The van der Waals surface area contributed by atoms with Gasteiger partial charge in [0.25, 0.3) is 0 Å². The molecule has 0 aromatic heterocycles. The summed E-state index contributed by atoms with van der Waals surface area (Å²) >= 11 is 0. The standard InChI is InChI=1S/C15H20O3/c1-5-8-12-10-9-11(4)14(15(12)17-7-3)18-13(16)6-2/h6,9-10H,2,5,7-8H2,1,3-4H3. The minimum absolute atomic E-state index is 0.465. The van der Waals surface area contributed by atoms with Gasteiger partial charge >= 0.3 is 5.97 Å². The third kappa shape index (κ3) is 3.36. The van der Waals surface area contributed by atoms with Crippen molar-refractivity contribution in [3.05, 3.63) is 35.9 Å². The molecule has 0 aliphatic rings. The highest BCUT2D eigenvalue weighted by atomic mass is 16.6. The maximum atomic E-state index is 11.4. The van der Waals surface area contributed by atoms with E-state index < -0.39 is 5.97 Å². The van der Waals surface area contributed by atoms with Gasteiger partial charge in [0.2, 0.25) is 0 Å². The number of rotatable bonds is 6. The molecule has 1 aromatic carbocycles. The number of carbonyl (C=O) groups excluding carboxylic acids is 1. The molecule has 0 amide bonds. The van der Waals surface area contributed by atoms with Gasteiger partial charge < -0.3 is 9.47 Å². The van der Waals surface area contributed by atoms with Gasteiger partial charge in [-0.25, -0.2) is 4.79 Å². The zero-order chi connectivity index (χ0) is 13.5. The van der Waals surface area contributed by atoms with Gasteiger partial charge in [0.1, 0.15) is 0 Å². The maximum Gasteiger partial charge on any atom is 0.335 e. The van der Waals surface area contributed by atoms with Gasteiger partial charge in [0.15, 0.2) is 11.5 Å². The van der Waals surface area contributed by atoms with Crippen molar-refractivity contribution in [2.75, 3.05) is 6.61 Å². The molecule has 0 aliphatic heterocycles. The molecule has 0 saturated heterocycles. The van der Waals surface area contributed by atoms with Crippen LogP contribution in [0.5, 0.6) is 11.5 Å². The molecule has 0 atom stereocenters. The summed E-state index contributed by atoms with van der Waals surface area (Å²) in [5, 5.41) is 0. The van der Waals surface area contributed by atoms with Crippen molar-refractivity contribution < 1.29 is 14.3 Å². The number of esters is 1. The van der Waals surface area contributed by atoms with Crippen LogP contribution in [0, 0.1) is 6.92 Å². The predicted molar refractivity (Wildman–Crippen MR) is 72.2 cm³/mol. The molecule has 0 fully saturated rings. The Balaban J connectivity index is 3.21. The van der Waals surface area contributed by atoms with Crippen molar-refractivity contribution in [2.24, 2.45) is 0 Å². The van der Waals surface area contributed by atoms with Gasteiger partial charge in [-0.3, -0.25) is 0 Å². The van der Waals surface area contributed by atoms with Crippen LogP contribution >= 0.6 is 0 Å². The minimum atomic E-state index is -0.465. The van der Waals surface area contributed by atoms with Crippen LogP contribution in [0.4, 0.5) is 0 Å². The number of hydrogen-bond donors (Lipinski definition) is 0. The summed E-state index contributed by atoms with van der Waals surface area (Å²) < 4.78 is 10.9. The van der Waals surface area contributed by atoms with Crippen LogP contribution in [0.3, 0.4) is 0 Å². The first-order valence-corrected chi connectivity index (χ1v) is 6.23. The van der Waals surface area contributed by atoms with Crippen LogP contribution < -0.4 is 9.47 Å². The molecule has 0 spiro atoms. The van der Waals surface area contributed by atoms with E-state index in [-0.39, 0.29) is 0 Å². The van der Waals surface area contributed by atoms with Crippen molar-refractivity contribution in [3.63, 3.8) is 0 Å². The quantitative estimate of drug-likeness (QED) is 0.439. The van der Waals surface area contributed by atoms with Crippen LogP contribution in [-0.4, -0.2) is 12.6 Å². The molecular weight excluding hydrogens is 228 g/mol. The molecule has 0 radical (unpaired) electrons. The van der Waals surface area contributed by atoms with Crippen LogP contribution in [0.1, 0.15) is 31.4 Å². The Morgan fingerprint density at radius 1 is 1.33 bits per heavy atom. The molecule has 0 bridgehead atoms. The lowest BCUT2D eigenvalue weighted by Crippen LogP contribution is -2.08. The van der Waals surface area contributed by atoms with Gasteiger partial charge in [-0.2, -0.15) is 0 Å². The first kappa shape index (κ1) is 14.3. The second-order valence-electron chi connectivity index (χ2n) is 4.01. The fraction of sp³-hybridized carbons (Fsp3) is 0.400. The van der Waals surface area contributed by atoms with E-state index in [1.54, 1.807) is 0 Å². The van der Waals surface area contributed by atoms with Crippen molar-refractivity contribution in [2.45, 2.75) is 33.6 Å². The number of ether oxygens (including phenoxy) is 2. The van der Waals surface area contributed by atoms with Gasteiger partial charge in [0, 0.05) is 6.08 Å². The molecule has 1 aromatic rings. The summed E-state index contributed by atoms with van der Waals surface area (Å²) in [4.78, 5) is 11.4. The second kappa shape index (κ2) is 6.84. The van der Waals surface area contributed by atoms with Crippen LogP contribution in [0.25, 0.3) is 0 Å². The average Bonchev–Trinajstić information content (AvgIpc) is 2.37. The van der Waals surface area contributed by atoms with E-state index in [1.807, 2.05) is 26.0 Å². The first-order valence-electron chi connectivity index (χ1n) is 6.23. The fourth-order valence-electron chi connectivity index (χ4n) is 1.74. The van der Waals surface area contributed by atoms with E-state index in [2.05, 4.69) is 13.5 Å². The minimum Gasteiger partial charge on any atom is -0.490 e. The molecule has 0 aliphatic carbocycles. The van der Waals surface area contributed by atoms with Crippen molar-refractivity contribution >= 4 is 5.97 Å². The number of hydrogen-bond acceptors (Lipinski definition) is 3. The predicted octanol–water partition coefficient (Wildman–Crippen LogP) is 3.44. The Hall–Kier alpha value is -1.77. The van der Waals surface area contributed by atoms with E-state index in [4.69, 9.17) is 9.47 Å². The van der Waals surface area contributed by atoms with Gasteiger partial charge in [0.05, 0.1) is 6.61 Å². The lowest BCUT2D eigenvalue weighted by molar-refractivity contribution is -0.129. The Morgan fingerprint density at radius 3 is 2.61 bits per heavy atom. The van der Waals surface area contributed by atoms with Crippen molar-refractivity contribution in [1.82, 2.24) is 0 Å². The third-order valence-electron chi connectivity index (χ3n) is 2.57. The van der Waals surface area contributed by atoms with Gasteiger partial charge in [-0.15, -0.1) is 0 Å². The van der Waals surface area contributed by atoms with Gasteiger partial charge in [-0.05, 0) is 31.4 Å². The molecule has 3 heteroatoms. The van der Waals surface area contributed by atoms with Crippen LogP contribution in [0.15, 0.2) is 24.8 Å². The monoisotopic (exact) mass is 248 g/mol. The summed E-state index contributed by atoms with van der Waals surface area (Å²) in [5.41, 5.74) is 1.95. The van der Waals surface area contributed by atoms with Crippen molar-refractivity contribution in [1.29, 1.82) is 0 Å². The highest BCUT2D eigenvalue weighted by Gasteiger charge is 2.15. The Kier molecular flexibility index (Phi) is 5.43. The zero-order valence-corrected chi connectivity index (χ0v) is 11.3. The zero-order valence-electron chi connectivity index (χ0n) is 11.3. The number of benzene rings is 1. The highest BCUT2D eigenvalue weighted by Crippen LogP contribution is 2.35. The molecule has 1 rings (SSSR count). The maximum absolute atomic E-state index is 11.4. The second-order valence-corrected chi connectivity index (χ2v) is 4.01.